The number of nitrogens with one attached hydrogen (secondary N) is 1. The lowest BCUT2D eigenvalue weighted by atomic mass is 10.1. The third kappa shape index (κ3) is 4.20. The second-order valence-electron chi connectivity index (χ2n) is 6.36. The van der Waals surface area contributed by atoms with Crippen LogP contribution in [0.4, 0.5) is 5.13 Å². The molecule has 4 aromatic rings. The molecule has 4 rings (SSSR count). The highest BCUT2D eigenvalue weighted by molar-refractivity contribution is 7.15. The van der Waals surface area contributed by atoms with Crippen molar-refractivity contribution < 1.29 is 14.3 Å². The lowest BCUT2D eigenvalue weighted by Crippen LogP contribution is -2.15. The Morgan fingerprint density at radius 1 is 1.14 bits per heavy atom. The van der Waals surface area contributed by atoms with E-state index < -0.39 is 5.97 Å². The van der Waals surface area contributed by atoms with Gasteiger partial charge < -0.3 is 10.1 Å². The molecule has 0 aliphatic carbocycles. The molecule has 7 nitrogen and oxygen atoms in total. The minimum Gasteiger partial charge on any atom is -0.461 e. The molecule has 3 aromatic heterocycles. The highest BCUT2D eigenvalue weighted by Crippen LogP contribution is 2.24. The van der Waals surface area contributed by atoms with Gasteiger partial charge >= 0.3 is 5.97 Å². The largest absolute Gasteiger partial charge is 0.461 e. The zero-order chi connectivity index (χ0) is 20.4. The number of carbonyl (C=O) groups is 2. The predicted octanol–water partition coefficient (Wildman–Crippen LogP) is 4.19. The van der Waals surface area contributed by atoms with Crippen molar-refractivity contribution >= 4 is 44.6 Å². The number of esters is 1. The van der Waals surface area contributed by atoms with Gasteiger partial charge in [-0.05, 0) is 13.8 Å². The average molecular weight is 427 g/mol. The fourth-order valence-corrected chi connectivity index (χ4v) is 4.35. The maximum Gasteiger partial charge on any atom is 0.357 e. The summed E-state index contributed by atoms with van der Waals surface area (Å²) in [5.41, 5.74) is 4.15. The Morgan fingerprint density at radius 3 is 2.69 bits per heavy atom. The molecule has 1 amide bonds. The van der Waals surface area contributed by atoms with E-state index in [1.54, 1.807) is 12.3 Å². The van der Waals surface area contributed by atoms with Crippen molar-refractivity contribution in [3.8, 4) is 11.3 Å². The summed E-state index contributed by atoms with van der Waals surface area (Å²) in [7, 11) is 0. The van der Waals surface area contributed by atoms with Gasteiger partial charge in [0.1, 0.15) is 0 Å². The predicted molar refractivity (Wildman–Crippen MR) is 114 cm³/mol. The zero-order valence-corrected chi connectivity index (χ0v) is 17.5. The smallest absolute Gasteiger partial charge is 0.357 e. The minimum absolute atomic E-state index is 0.179. The van der Waals surface area contributed by atoms with Crippen LogP contribution < -0.4 is 5.32 Å². The van der Waals surface area contributed by atoms with Gasteiger partial charge in [0.25, 0.3) is 0 Å². The highest BCUT2D eigenvalue weighted by Gasteiger charge is 2.16. The van der Waals surface area contributed by atoms with Crippen LogP contribution in [-0.2, 0) is 16.0 Å². The molecule has 0 unspecified atom stereocenters. The van der Waals surface area contributed by atoms with Crippen LogP contribution in [0.3, 0.4) is 0 Å². The number of imidazole rings is 1. The molecule has 0 radical (unpaired) electrons. The van der Waals surface area contributed by atoms with Gasteiger partial charge in [-0.2, -0.15) is 0 Å². The third-order valence-electron chi connectivity index (χ3n) is 4.21. The number of fused-ring (bicyclic) bond motifs is 1. The molecule has 0 aliphatic heterocycles. The van der Waals surface area contributed by atoms with E-state index >= 15 is 0 Å². The summed E-state index contributed by atoms with van der Waals surface area (Å²) in [6.45, 7) is 4.06. The van der Waals surface area contributed by atoms with E-state index in [0.717, 1.165) is 21.9 Å². The third-order valence-corrected chi connectivity index (χ3v) is 5.85. The van der Waals surface area contributed by atoms with Crippen molar-refractivity contribution in [1.82, 2.24) is 14.4 Å². The van der Waals surface area contributed by atoms with E-state index in [1.807, 2.05) is 35.0 Å². The molecule has 1 aromatic carbocycles. The van der Waals surface area contributed by atoms with Gasteiger partial charge in [-0.3, -0.25) is 9.20 Å². The van der Waals surface area contributed by atoms with Gasteiger partial charge in [-0.1, -0.05) is 29.8 Å². The molecule has 0 atom stereocenters. The number of aryl methyl sites for hydroxylation is 1. The molecule has 1 N–H and O–H groups in total. The summed E-state index contributed by atoms with van der Waals surface area (Å²) in [6, 6.07) is 8.18. The maximum atomic E-state index is 12.5. The standard InChI is InChI=1S/C20H18N4O3S2/c1-3-27-18(26)16-11-28-19(21-16)23-17(25)8-14-10-29-20-22-15(9-24(14)20)13-6-4-12(2)5-7-13/h4-7,9-11H,3,8H2,1-2H3,(H,21,23,25). The number of thiazole rings is 2. The Bertz CT molecular complexity index is 1170. The van der Waals surface area contributed by atoms with Crippen molar-refractivity contribution in [3.05, 3.63) is 58.2 Å². The Balaban J connectivity index is 1.47. The summed E-state index contributed by atoms with van der Waals surface area (Å²) in [4.78, 5) is 33.7. The minimum atomic E-state index is -0.495. The molecular formula is C20H18N4O3S2. The summed E-state index contributed by atoms with van der Waals surface area (Å²) in [6.07, 6.45) is 2.12. The van der Waals surface area contributed by atoms with Crippen LogP contribution in [0.25, 0.3) is 16.2 Å². The molecule has 0 saturated carbocycles. The maximum absolute atomic E-state index is 12.5. The molecule has 0 saturated heterocycles. The number of carbonyl (C=O) groups excluding carboxylic acids is 2. The molecular weight excluding hydrogens is 408 g/mol. The van der Waals surface area contributed by atoms with E-state index in [-0.39, 0.29) is 24.6 Å². The molecule has 0 fully saturated rings. The normalized spacial score (nSPS) is 11.0. The van der Waals surface area contributed by atoms with Crippen LogP contribution in [0.2, 0.25) is 0 Å². The van der Waals surface area contributed by atoms with Gasteiger partial charge in [0.2, 0.25) is 5.91 Å². The second kappa shape index (κ2) is 8.14. The zero-order valence-electron chi connectivity index (χ0n) is 15.8. The summed E-state index contributed by atoms with van der Waals surface area (Å²) >= 11 is 2.68. The van der Waals surface area contributed by atoms with E-state index in [0.29, 0.717) is 5.13 Å². The lowest BCUT2D eigenvalue weighted by Gasteiger charge is -2.01. The fraction of sp³-hybridized carbons (Fsp3) is 0.200. The lowest BCUT2D eigenvalue weighted by molar-refractivity contribution is -0.115. The molecule has 29 heavy (non-hydrogen) atoms. The van der Waals surface area contributed by atoms with Crippen LogP contribution in [0, 0.1) is 6.92 Å². The number of hydrogen-bond donors (Lipinski definition) is 1. The van der Waals surface area contributed by atoms with Crippen LogP contribution in [0.15, 0.2) is 41.2 Å². The van der Waals surface area contributed by atoms with E-state index in [4.69, 9.17) is 4.74 Å². The van der Waals surface area contributed by atoms with Gasteiger partial charge in [0, 0.05) is 28.2 Å². The molecule has 0 spiro atoms. The van der Waals surface area contributed by atoms with Crippen molar-refractivity contribution in [2.75, 3.05) is 11.9 Å². The van der Waals surface area contributed by atoms with Gasteiger partial charge in [0.15, 0.2) is 15.8 Å². The van der Waals surface area contributed by atoms with Crippen molar-refractivity contribution in [2.24, 2.45) is 0 Å². The number of aromatic nitrogens is 3. The van der Waals surface area contributed by atoms with Crippen LogP contribution in [0.1, 0.15) is 28.7 Å². The summed E-state index contributed by atoms with van der Waals surface area (Å²) in [5.74, 6) is -0.703. The van der Waals surface area contributed by atoms with Crippen molar-refractivity contribution in [3.63, 3.8) is 0 Å². The van der Waals surface area contributed by atoms with Crippen LogP contribution in [0.5, 0.6) is 0 Å². The fourth-order valence-electron chi connectivity index (χ4n) is 2.78. The molecule has 0 bridgehead atoms. The number of benzene rings is 1. The molecule has 3 heterocycles. The quantitative estimate of drug-likeness (QED) is 0.467. The van der Waals surface area contributed by atoms with E-state index in [1.165, 1.54) is 28.2 Å². The van der Waals surface area contributed by atoms with Crippen molar-refractivity contribution in [1.29, 1.82) is 0 Å². The Hall–Kier alpha value is -3.04. The monoisotopic (exact) mass is 426 g/mol. The molecule has 0 aliphatic rings. The van der Waals surface area contributed by atoms with Gasteiger partial charge in [-0.25, -0.2) is 14.8 Å². The second-order valence-corrected chi connectivity index (χ2v) is 8.05. The Labute approximate surface area is 175 Å². The first-order valence-electron chi connectivity index (χ1n) is 8.98. The van der Waals surface area contributed by atoms with E-state index in [2.05, 4.69) is 27.4 Å². The van der Waals surface area contributed by atoms with Gasteiger partial charge in [0.05, 0.1) is 18.7 Å². The molecule has 148 valence electrons. The number of hydrogen-bond acceptors (Lipinski definition) is 7. The van der Waals surface area contributed by atoms with Crippen molar-refractivity contribution in [2.45, 2.75) is 20.3 Å². The van der Waals surface area contributed by atoms with Crippen LogP contribution >= 0.6 is 22.7 Å². The topological polar surface area (TPSA) is 85.6 Å². The SMILES string of the molecule is CCOC(=O)c1csc(NC(=O)Cc2csc3nc(-c4ccc(C)cc4)cn23)n1. The summed E-state index contributed by atoms with van der Waals surface area (Å²) in [5, 5.41) is 6.60. The molecule has 9 heteroatoms. The first-order valence-corrected chi connectivity index (χ1v) is 10.7. The number of rotatable bonds is 6. The first-order chi connectivity index (χ1) is 14.0. The number of anilines is 1. The number of nitrogens with zero attached hydrogens (tertiary/aromatic N) is 3. The number of ether oxygens (including phenoxy) is 1. The average Bonchev–Trinajstić information content (AvgIpc) is 3.40. The number of amides is 1. The van der Waals surface area contributed by atoms with Crippen LogP contribution in [-0.4, -0.2) is 32.9 Å². The Kier molecular flexibility index (Phi) is 5.41. The highest BCUT2D eigenvalue weighted by atomic mass is 32.1. The van der Waals surface area contributed by atoms with Gasteiger partial charge in [-0.15, -0.1) is 22.7 Å². The Morgan fingerprint density at radius 2 is 1.93 bits per heavy atom. The summed E-state index contributed by atoms with van der Waals surface area (Å²) < 4.78 is 6.84. The van der Waals surface area contributed by atoms with E-state index in [9.17, 15) is 9.59 Å². The first kappa shape index (κ1) is 19.3.